The first-order valence-corrected chi connectivity index (χ1v) is 7.33. The highest BCUT2D eigenvalue weighted by Crippen LogP contribution is 2.25. The Kier molecular flexibility index (Phi) is 4.40. The van der Waals surface area contributed by atoms with Crippen molar-refractivity contribution >= 4 is 15.8 Å². The normalized spacial score (nSPS) is 11.7. The third kappa shape index (κ3) is 2.91. The van der Waals surface area contributed by atoms with Crippen molar-refractivity contribution in [2.45, 2.75) is 24.3 Å². The van der Waals surface area contributed by atoms with E-state index in [4.69, 9.17) is 15.1 Å². The van der Waals surface area contributed by atoms with Gasteiger partial charge in [0.15, 0.2) is 14.6 Å². The Balaban J connectivity index is 3.18. The predicted octanol–water partition coefficient (Wildman–Crippen LogP) is 1.34. The largest absolute Gasteiger partial charge is 0.495 e. The highest BCUT2D eigenvalue weighted by Gasteiger charge is 2.41. The lowest BCUT2D eigenvalue weighted by molar-refractivity contribution is -0.139. The summed E-state index contributed by atoms with van der Waals surface area (Å²) in [7, 11) is -2.50. The Morgan fingerprint density at radius 2 is 2.05 bits per heavy atom. The molecule has 0 unspecified atom stereocenters. The van der Waals surface area contributed by atoms with E-state index in [1.807, 2.05) is 6.07 Å². The first-order valence-electron chi connectivity index (χ1n) is 5.68. The summed E-state index contributed by atoms with van der Waals surface area (Å²) in [5, 5.41) is 17.9. The summed E-state index contributed by atoms with van der Waals surface area (Å²) in [6, 6.07) is 6.26. The van der Waals surface area contributed by atoms with Gasteiger partial charge in [-0.05, 0) is 31.5 Å². The third-order valence-electron chi connectivity index (χ3n) is 3.03. The van der Waals surface area contributed by atoms with Crippen molar-refractivity contribution in [3.8, 4) is 11.8 Å². The van der Waals surface area contributed by atoms with Crippen LogP contribution in [0.15, 0.2) is 18.2 Å². The second-order valence-electron chi connectivity index (χ2n) is 4.72. The third-order valence-corrected chi connectivity index (χ3v) is 5.48. The van der Waals surface area contributed by atoms with Crippen molar-refractivity contribution in [2.24, 2.45) is 0 Å². The van der Waals surface area contributed by atoms with Crippen LogP contribution in [0.1, 0.15) is 25.0 Å². The quantitative estimate of drug-likeness (QED) is 0.879. The molecular formula is C13H15NO5S. The lowest BCUT2D eigenvalue weighted by atomic mass is 10.1. The average molecular weight is 297 g/mol. The topological polar surface area (TPSA) is 104 Å². The zero-order chi connectivity index (χ0) is 15.6. The number of benzene rings is 1. The fourth-order valence-electron chi connectivity index (χ4n) is 1.47. The van der Waals surface area contributed by atoms with Gasteiger partial charge in [-0.1, -0.05) is 6.07 Å². The Bertz CT molecular complexity index is 670. The maximum Gasteiger partial charge on any atom is 0.324 e. The minimum absolute atomic E-state index is 0.202. The number of rotatable bonds is 5. The van der Waals surface area contributed by atoms with Crippen LogP contribution < -0.4 is 4.74 Å². The van der Waals surface area contributed by atoms with E-state index < -0.39 is 26.3 Å². The number of nitrogens with zero attached hydrogens (tertiary/aromatic N) is 1. The number of sulfone groups is 1. The van der Waals surface area contributed by atoms with Crippen LogP contribution in [0.3, 0.4) is 0 Å². The molecule has 0 aliphatic carbocycles. The standard InChI is InChI=1S/C13H15NO5S/c1-13(2,12(15)16)20(17,18)8-9-4-5-11(19-3)10(6-9)7-14/h4-6H,8H2,1-3H3,(H,15,16). The van der Waals surface area contributed by atoms with Crippen LogP contribution in [0.5, 0.6) is 5.75 Å². The van der Waals surface area contributed by atoms with Gasteiger partial charge in [-0.25, -0.2) is 8.42 Å². The van der Waals surface area contributed by atoms with E-state index in [-0.39, 0.29) is 5.56 Å². The summed E-state index contributed by atoms with van der Waals surface area (Å²) in [5.41, 5.74) is 0.546. The van der Waals surface area contributed by atoms with Gasteiger partial charge in [-0.2, -0.15) is 5.26 Å². The van der Waals surface area contributed by atoms with E-state index in [9.17, 15) is 13.2 Å². The Labute approximate surface area is 117 Å². The molecule has 0 saturated carbocycles. The van der Waals surface area contributed by atoms with E-state index in [0.717, 1.165) is 13.8 Å². The fraction of sp³-hybridized carbons (Fsp3) is 0.385. The molecule has 0 amide bonds. The van der Waals surface area contributed by atoms with Crippen molar-refractivity contribution < 1.29 is 23.1 Å². The van der Waals surface area contributed by atoms with Crippen molar-refractivity contribution in [2.75, 3.05) is 7.11 Å². The number of carboxylic acids is 1. The maximum atomic E-state index is 12.1. The predicted molar refractivity (Wildman–Crippen MR) is 72.0 cm³/mol. The minimum atomic E-state index is -3.91. The number of ether oxygens (including phenoxy) is 1. The lowest BCUT2D eigenvalue weighted by Gasteiger charge is -2.19. The molecule has 20 heavy (non-hydrogen) atoms. The Hall–Kier alpha value is -2.07. The number of methoxy groups -OCH3 is 1. The number of aliphatic carboxylic acids is 1. The summed E-state index contributed by atoms with van der Waals surface area (Å²) in [4.78, 5) is 11.0. The molecule has 1 aromatic rings. The highest BCUT2D eigenvalue weighted by atomic mass is 32.2. The summed E-state index contributed by atoms with van der Waals surface area (Å²) < 4.78 is 27.3. The number of carboxylic acid groups (broad SMARTS) is 1. The van der Waals surface area contributed by atoms with Crippen LogP contribution >= 0.6 is 0 Å². The molecule has 0 aromatic heterocycles. The van der Waals surface area contributed by atoms with Crippen LogP contribution in [0, 0.1) is 11.3 Å². The molecule has 0 bridgehead atoms. The molecule has 6 nitrogen and oxygen atoms in total. The van der Waals surface area contributed by atoms with Crippen LogP contribution in [0.4, 0.5) is 0 Å². The molecule has 108 valence electrons. The molecule has 1 rings (SSSR count). The summed E-state index contributed by atoms with van der Waals surface area (Å²) in [6.07, 6.45) is 0. The zero-order valence-corrected chi connectivity index (χ0v) is 12.2. The summed E-state index contributed by atoms with van der Waals surface area (Å²) >= 11 is 0. The molecule has 0 fully saturated rings. The van der Waals surface area contributed by atoms with Gasteiger partial charge in [0.05, 0.1) is 18.4 Å². The average Bonchev–Trinajstić information content (AvgIpc) is 2.37. The molecular weight excluding hydrogens is 282 g/mol. The van der Waals surface area contributed by atoms with Crippen LogP contribution in [0.2, 0.25) is 0 Å². The number of hydrogen-bond donors (Lipinski definition) is 1. The Morgan fingerprint density at radius 3 is 2.50 bits per heavy atom. The van der Waals surface area contributed by atoms with Crippen LogP contribution in [-0.2, 0) is 20.4 Å². The summed E-state index contributed by atoms with van der Waals surface area (Å²) in [5.74, 6) is -1.53. The molecule has 1 N–H and O–H groups in total. The molecule has 7 heteroatoms. The first kappa shape index (κ1) is 16.0. The first-order chi connectivity index (χ1) is 9.15. The number of carbonyl (C=O) groups is 1. The van der Waals surface area contributed by atoms with Gasteiger partial charge in [-0.15, -0.1) is 0 Å². The van der Waals surface area contributed by atoms with Gasteiger partial charge in [0.1, 0.15) is 11.8 Å². The lowest BCUT2D eigenvalue weighted by Crippen LogP contribution is -2.41. The SMILES string of the molecule is COc1ccc(CS(=O)(=O)C(C)(C)C(=O)O)cc1C#N. The van der Waals surface area contributed by atoms with Gasteiger partial charge in [0.25, 0.3) is 0 Å². The molecule has 0 aliphatic heterocycles. The summed E-state index contributed by atoms with van der Waals surface area (Å²) in [6.45, 7) is 2.28. The highest BCUT2D eigenvalue weighted by molar-refractivity contribution is 7.92. The van der Waals surface area contributed by atoms with Crippen LogP contribution in [-0.4, -0.2) is 31.4 Å². The Morgan fingerprint density at radius 1 is 1.45 bits per heavy atom. The molecule has 0 spiro atoms. The van der Waals surface area contributed by atoms with E-state index in [2.05, 4.69) is 0 Å². The molecule has 0 heterocycles. The van der Waals surface area contributed by atoms with Gasteiger partial charge < -0.3 is 9.84 Å². The van der Waals surface area contributed by atoms with Gasteiger partial charge in [-0.3, -0.25) is 4.79 Å². The second-order valence-corrected chi connectivity index (χ2v) is 7.26. The van der Waals surface area contributed by atoms with E-state index in [1.54, 1.807) is 0 Å². The number of hydrogen-bond acceptors (Lipinski definition) is 5. The number of nitriles is 1. The van der Waals surface area contributed by atoms with Crippen molar-refractivity contribution in [1.82, 2.24) is 0 Å². The van der Waals surface area contributed by atoms with E-state index in [1.165, 1.54) is 25.3 Å². The molecule has 0 radical (unpaired) electrons. The van der Waals surface area contributed by atoms with Crippen LogP contribution in [0.25, 0.3) is 0 Å². The van der Waals surface area contributed by atoms with Crippen molar-refractivity contribution in [1.29, 1.82) is 5.26 Å². The smallest absolute Gasteiger partial charge is 0.324 e. The van der Waals surface area contributed by atoms with Gasteiger partial charge >= 0.3 is 5.97 Å². The van der Waals surface area contributed by atoms with Gasteiger partial charge in [0.2, 0.25) is 0 Å². The van der Waals surface area contributed by atoms with E-state index in [0.29, 0.717) is 11.3 Å². The van der Waals surface area contributed by atoms with Gasteiger partial charge in [0, 0.05) is 0 Å². The minimum Gasteiger partial charge on any atom is -0.495 e. The van der Waals surface area contributed by atoms with Crippen molar-refractivity contribution in [3.63, 3.8) is 0 Å². The second kappa shape index (κ2) is 5.51. The molecule has 1 aromatic carbocycles. The molecule has 0 saturated heterocycles. The van der Waals surface area contributed by atoms with Crippen molar-refractivity contribution in [3.05, 3.63) is 29.3 Å². The molecule has 0 aliphatic rings. The maximum absolute atomic E-state index is 12.1. The zero-order valence-electron chi connectivity index (χ0n) is 11.4. The van der Waals surface area contributed by atoms with E-state index >= 15 is 0 Å². The fourth-order valence-corrected chi connectivity index (χ4v) is 2.71. The molecule has 0 atom stereocenters. The monoisotopic (exact) mass is 297 g/mol.